The minimum atomic E-state index is -0.268. The first-order valence-corrected chi connectivity index (χ1v) is 7.58. The standard InChI is InChI=1S/C18H23NO/c1-14-17-9-6-10-18(14,15(2)20)13-19(12-17)11-16-7-4-3-5-8-16/h3-5,7-8,17H,1,6,9-13H2,2H3. The van der Waals surface area contributed by atoms with Gasteiger partial charge in [0.15, 0.2) is 0 Å². The number of likely N-dealkylation sites (tertiary alicyclic amines) is 1. The molecule has 2 fully saturated rings. The maximum atomic E-state index is 12.3. The van der Waals surface area contributed by atoms with Gasteiger partial charge >= 0.3 is 0 Å². The van der Waals surface area contributed by atoms with Gasteiger partial charge in [0.25, 0.3) is 0 Å². The fourth-order valence-electron chi connectivity index (χ4n) is 3.99. The molecule has 0 N–H and O–H groups in total. The molecule has 1 saturated heterocycles. The van der Waals surface area contributed by atoms with Crippen LogP contribution in [0.2, 0.25) is 0 Å². The lowest BCUT2D eigenvalue weighted by molar-refractivity contribution is -0.129. The monoisotopic (exact) mass is 269 g/mol. The number of ketones is 1. The van der Waals surface area contributed by atoms with Gasteiger partial charge < -0.3 is 0 Å². The van der Waals surface area contributed by atoms with Crippen LogP contribution in [0.15, 0.2) is 42.5 Å². The highest BCUT2D eigenvalue weighted by atomic mass is 16.1. The number of hydrogen-bond donors (Lipinski definition) is 0. The number of piperidine rings is 1. The Labute approximate surface area is 121 Å². The second-order valence-electron chi connectivity index (χ2n) is 6.41. The minimum Gasteiger partial charge on any atom is -0.299 e. The van der Waals surface area contributed by atoms with Crippen LogP contribution < -0.4 is 0 Å². The van der Waals surface area contributed by atoms with Crippen molar-refractivity contribution in [3.8, 4) is 0 Å². The van der Waals surface area contributed by atoms with E-state index in [1.807, 2.05) is 6.07 Å². The first-order valence-electron chi connectivity index (χ1n) is 7.58. The number of benzene rings is 1. The molecule has 106 valence electrons. The van der Waals surface area contributed by atoms with E-state index in [1.165, 1.54) is 24.0 Å². The number of carbonyl (C=O) groups excluding carboxylic acids is 1. The fraction of sp³-hybridized carbons (Fsp3) is 0.500. The van der Waals surface area contributed by atoms with Crippen LogP contribution in [-0.2, 0) is 11.3 Å². The molecule has 0 amide bonds. The van der Waals surface area contributed by atoms with Crippen LogP contribution in [-0.4, -0.2) is 23.8 Å². The summed E-state index contributed by atoms with van der Waals surface area (Å²) in [5.74, 6) is 0.815. The van der Waals surface area contributed by atoms with Crippen LogP contribution in [0.1, 0.15) is 31.7 Å². The molecule has 2 nitrogen and oxygen atoms in total. The van der Waals surface area contributed by atoms with Crippen LogP contribution in [0, 0.1) is 11.3 Å². The topological polar surface area (TPSA) is 20.3 Å². The summed E-state index contributed by atoms with van der Waals surface area (Å²) < 4.78 is 0. The van der Waals surface area contributed by atoms with Crippen molar-refractivity contribution in [2.75, 3.05) is 13.1 Å². The SMILES string of the molecule is C=C1C2CCCC1(C(C)=O)CN(Cc1ccccc1)C2. The summed E-state index contributed by atoms with van der Waals surface area (Å²) in [5.41, 5.74) is 2.27. The Morgan fingerprint density at radius 1 is 1.40 bits per heavy atom. The molecule has 20 heavy (non-hydrogen) atoms. The molecule has 2 unspecified atom stereocenters. The van der Waals surface area contributed by atoms with Gasteiger partial charge in [0, 0.05) is 19.6 Å². The molecule has 1 heterocycles. The Morgan fingerprint density at radius 3 is 2.85 bits per heavy atom. The highest BCUT2D eigenvalue weighted by Gasteiger charge is 2.48. The van der Waals surface area contributed by atoms with E-state index < -0.39 is 0 Å². The molecule has 1 saturated carbocycles. The molecule has 1 aromatic carbocycles. The van der Waals surface area contributed by atoms with E-state index in [9.17, 15) is 4.79 Å². The second kappa shape index (κ2) is 5.17. The number of nitrogens with zero attached hydrogens (tertiary/aromatic N) is 1. The quantitative estimate of drug-likeness (QED) is 0.784. The van der Waals surface area contributed by atoms with Gasteiger partial charge in [-0.1, -0.05) is 48.9 Å². The Balaban J connectivity index is 1.82. The van der Waals surface area contributed by atoms with E-state index in [0.29, 0.717) is 11.7 Å². The molecule has 0 aromatic heterocycles. The molecule has 2 atom stereocenters. The number of rotatable bonds is 3. The second-order valence-corrected chi connectivity index (χ2v) is 6.41. The third-order valence-electron chi connectivity index (χ3n) is 5.16. The number of fused-ring (bicyclic) bond motifs is 2. The highest BCUT2D eigenvalue weighted by molar-refractivity contribution is 5.86. The average molecular weight is 269 g/mol. The molecule has 2 aliphatic rings. The van der Waals surface area contributed by atoms with Crippen molar-refractivity contribution >= 4 is 5.78 Å². The van der Waals surface area contributed by atoms with Gasteiger partial charge in [0.05, 0.1) is 5.41 Å². The smallest absolute Gasteiger partial charge is 0.141 e. The lowest BCUT2D eigenvalue weighted by Crippen LogP contribution is -2.53. The molecular weight excluding hydrogens is 246 g/mol. The van der Waals surface area contributed by atoms with E-state index in [4.69, 9.17) is 0 Å². The Kier molecular flexibility index (Phi) is 3.51. The Morgan fingerprint density at radius 2 is 2.15 bits per heavy atom. The number of carbonyl (C=O) groups is 1. The third-order valence-corrected chi connectivity index (χ3v) is 5.16. The van der Waals surface area contributed by atoms with Crippen molar-refractivity contribution in [2.24, 2.45) is 11.3 Å². The van der Waals surface area contributed by atoms with E-state index in [0.717, 1.165) is 26.1 Å². The van der Waals surface area contributed by atoms with Crippen LogP contribution in [0.4, 0.5) is 0 Å². The molecule has 0 radical (unpaired) electrons. The van der Waals surface area contributed by atoms with E-state index in [2.05, 4.69) is 35.7 Å². The number of Topliss-reactive ketones (excluding diaryl/α,β-unsaturated/α-hetero) is 1. The normalized spacial score (nSPS) is 30.2. The molecule has 1 aromatic rings. The van der Waals surface area contributed by atoms with Crippen molar-refractivity contribution in [1.82, 2.24) is 4.90 Å². The zero-order valence-electron chi connectivity index (χ0n) is 12.3. The van der Waals surface area contributed by atoms with Gasteiger partial charge in [-0.05, 0) is 31.2 Å². The zero-order valence-corrected chi connectivity index (χ0v) is 12.3. The van der Waals surface area contributed by atoms with Gasteiger partial charge in [0.1, 0.15) is 5.78 Å². The van der Waals surface area contributed by atoms with Gasteiger partial charge in [-0.15, -0.1) is 0 Å². The van der Waals surface area contributed by atoms with E-state index in [-0.39, 0.29) is 5.41 Å². The highest BCUT2D eigenvalue weighted by Crippen LogP contribution is 2.48. The fourth-order valence-corrected chi connectivity index (χ4v) is 3.99. The summed E-state index contributed by atoms with van der Waals surface area (Å²) >= 11 is 0. The molecule has 0 spiro atoms. The summed E-state index contributed by atoms with van der Waals surface area (Å²) in [5, 5.41) is 0. The number of hydrogen-bond acceptors (Lipinski definition) is 2. The molecule has 2 heteroatoms. The third kappa shape index (κ3) is 2.22. The lowest BCUT2D eigenvalue weighted by atomic mass is 9.61. The first kappa shape index (κ1) is 13.6. The van der Waals surface area contributed by atoms with E-state index in [1.54, 1.807) is 6.92 Å². The summed E-state index contributed by atoms with van der Waals surface area (Å²) in [6, 6.07) is 10.5. The summed E-state index contributed by atoms with van der Waals surface area (Å²) in [6.45, 7) is 8.89. The van der Waals surface area contributed by atoms with Crippen molar-refractivity contribution in [1.29, 1.82) is 0 Å². The lowest BCUT2D eigenvalue weighted by Gasteiger charge is -2.50. The van der Waals surface area contributed by atoms with E-state index >= 15 is 0 Å². The van der Waals surface area contributed by atoms with Gasteiger partial charge in [-0.2, -0.15) is 0 Å². The van der Waals surface area contributed by atoms with Gasteiger partial charge in [-0.25, -0.2) is 0 Å². The molecule has 1 aliphatic heterocycles. The van der Waals surface area contributed by atoms with Crippen LogP contribution in [0.25, 0.3) is 0 Å². The maximum Gasteiger partial charge on any atom is 0.141 e. The predicted molar refractivity (Wildman–Crippen MR) is 81.3 cm³/mol. The van der Waals surface area contributed by atoms with Crippen molar-refractivity contribution < 1.29 is 4.79 Å². The first-order chi connectivity index (χ1) is 9.62. The average Bonchev–Trinajstić information content (AvgIpc) is 2.41. The maximum absolute atomic E-state index is 12.3. The van der Waals surface area contributed by atoms with Crippen molar-refractivity contribution in [3.05, 3.63) is 48.0 Å². The van der Waals surface area contributed by atoms with Gasteiger partial charge in [0.2, 0.25) is 0 Å². The Hall–Kier alpha value is -1.41. The molecular formula is C18H23NO. The van der Waals surface area contributed by atoms with Gasteiger partial charge in [-0.3, -0.25) is 9.69 Å². The minimum absolute atomic E-state index is 0.268. The van der Waals surface area contributed by atoms with Crippen molar-refractivity contribution in [2.45, 2.75) is 32.7 Å². The van der Waals surface area contributed by atoms with Crippen LogP contribution in [0.3, 0.4) is 0 Å². The predicted octanol–water partition coefficient (Wildman–Crippen LogP) is 3.43. The molecule has 1 aliphatic carbocycles. The largest absolute Gasteiger partial charge is 0.299 e. The summed E-state index contributed by atoms with van der Waals surface area (Å²) in [7, 11) is 0. The summed E-state index contributed by atoms with van der Waals surface area (Å²) in [6.07, 6.45) is 3.35. The molecule has 2 bridgehead atoms. The zero-order chi connectivity index (χ0) is 14.2. The Bertz CT molecular complexity index is 521. The van der Waals surface area contributed by atoms with Crippen LogP contribution in [0.5, 0.6) is 0 Å². The molecule has 3 rings (SSSR count). The van der Waals surface area contributed by atoms with Crippen LogP contribution >= 0.6 is 0 Å². The van der Waals surface area contributed by atoms with Crippen molar-refractivity contribution in [3.63, 3.8) is 0 Å². The summed E-state index contributed by atoms with van der Waals surface area (Å²) in [4.78, 5) is 14.7.